The number of hydrogen-bond acceptors (Lipinski definition) is 12. The molecule has 0 fully saturated rings. The summed E-state index contributed by atoms with van der Waals surface area (Å²) in [5.41, 5.74) is 25.2. The van der Waals surface area contributed by atoms with E-state index in [-0.39, 0.29) is 105 Å². The minimum atomic E-state index is -0.169. The van der Waals surface area contributed by atoms with Gasteiger partial charge in [-0.25, -0.2) is 0 Å². The van der Waals surface area contributed by atoms with Gasteiger partial charge in [0.05, 0.1) is 0 Å². The Kier molecular flexibility index (Phi) is 36.6. The number of hydrogen-bond donors (Lipinski definition) is 12. The number of benzene rings is 12. The molecule has 0 radical (unpaired) electrons. The van der Waals surface area contributed by atoms with Gasteiger partial charge in [-0.1, -0.05) is 405 Å². The normalized spacial score (nSPS) is 12.5. The van der Waals surface area contributed by atoms with Crippen molar-refractivity contribution in [3.63, 3.8) is 0 Å². The summed E-state index contributed by atoms with van der Waals surface area (Å²) in [4.78, 5) is 0. The molecule has 0 aromatic heterocycles. The zero-order chi connectivity index (χ0) is 107. The molecule has 0 heterocycles. The smallest absolute Gasteiger partial charge is 0.123 e. The van der Waals surface area contributed by atoms with Crippen molar-refractivity contribution in [1.82, 2.24) is 0 Å². The number of rotatable bonds is 14. The quantitative estimate of drug-likeness (QED) is 0.0455. The number of phenolic OH excluding ortho intramolecular Hbond substituents is 12. The fourth-order valence-electron chi connectivity index (χ4n) is 18.3. The molecule has 0 aliphatic heterocycles. The first-order valence-electron chi connectivity index (χ1n) is 50.2. The zero-order valence-corrected chi connectivity index (χ0v) is 93.1. The van der Waals surface area contributed by atoms with E-state index in [4.69, 9.17) is 0 Å². The highest BCUT2D eigenvalue weighted by molar-refractivity contribution is 5.59. The highest BCUT2D eigenvalue weighted by atomic mass is 16.3. The fraction of sp³-hybridized carbons (Fsp3) is 0.442. The Bertz CT molecular complexity index is 5810. The minimum absolute atomic E-state index is 0.121. The second kappa shape index (κ2) is 44.4. The molecule has 0 amide bonds. The summed E-state index contributed by atoms with van der Waals surface area (Å²) in [7, 11) is 0. The van der Waals surface area contributed by atoms with Crippen LogP contribution in [0.15, 0.2) is 206 Å². The number of aryl methyl sites for hydroxylation is 4. The van der Waals surface area contributed by atoms with Crippen molar-refractivity contribution in [3.05, 3.63) is 351 Å². The largest absolute Gasteiger partial charge is 0.508 e. The van der Waals surface area contributed by atoms with E-state index >= 15 is 0 Å². The lowest BCUT2D eigenvalue weighted by Crippen LogP contribution is -2.21. The van der Waals surface area contributed by atoms with E-state index in [0.29, 0.717) is 47.3 Å². The van der Waals surface area contributed by atoms with Gasteiger partial charge in [0.2, 0.25) is 0 Å². The van der Waals surface area contributed by atoms with Crippen LogP contribution in [0.4, 0.5) is 0 Å². The van der Waals surface area contributed by atoms with E-state index in [1.165, 1.54) is 44.5 Å². The molecule has 12 aromatic carbocycles. The molecule has 0 aliphatic carbocycles. The van der Waals surface area contributed by atoms with Crippen LogP contribution in [0, 0.1) is 27.7 Å². The Labute approximate surface area is 848 Å². The molecule has 0 bridgehead atoms. The Morgan fingerprint density at radius 1 is 0.213 bits per heavy atom. The van der Waals surface area contributed by atoms with Gasteiger partial charge in [0.1, 0.15) is 69.0 Å². The summed E-state index contributed by atoms with van der Waals surface area (Å²) >= 11 is 0. The topological polar surface area (TPSA) is 243 Å². The van der Waals surface area contributed by atoms with Crippen molar-refractivity contribution in [1.29, 1.82) is 0 Å². The molecule has 12 rings (SSSR count). The molecular formula is C129H174O12. The molecule has 12 aromatic rings. The van der Waals surface area contributed by atoms with Crippen LogP contribution < -0.4 is 0 Å². The van der Waals surface area contributed by atoms with Crippen molar-refractivity contribution in [2.45, 2.75) is 373 Å². The Morgan fingerprint density at radius 3 is 0.688 bits per heavy atom. The Balaban J connectivity index is 0.000000233. The third-order valence-electron chi connectivity index (χ3n) is 27.0. The van der Waals surface area contributed by atoms with Gasteiger partial charge in [0, 0.05) is 40.7 Å². The second-order valence-electron chi connectivity index (χ2n) is 50.6. The molecular weight excluding hydrogens is 1740 g/mol. The van der Waals surface area contributed by atoms with Crippen LogP contribution in [0.3, 0.4) is 0 Å². The summed E-state index contributed by atoms with van der Waals surface area (Å²) in [5.74, 6) is 4.14. The molecule has 0 saturated carbocycles. The number of aromatic hydroxyl groups is 12. The summed E-state index contributed by atoms with van der Waals surface area (Å²) in [6.45, 7) is 82.6. The first-order chi connectivity index (χ1) is 64.3. The van der Waals surface area contributed by atoms with Crippen LogP contribution in [-0.2, 0) is 84.2 Å². The van der Waals surface area contributed by atoms with E-state index in [1.54, 1.807) is 60.7 Å². The van der Waals surface area contributed by atoms with Crippen molar-refractivity contribution < 1.29 is 61.3 Å². The summed E-state index contributed by atoms with van der Waals surface area (Å²) in [6.07, 6.45) is 3.93. The Morgan fingerprint density at radius 2 is 0.440 bits per heavy atom. The van der Waals surface area contributed by atoms with Gasteiger partial charge in [-0.3, -0.25) is 0 Å². The van der Waals surface area contributed by atoms with Gasteiger partial charge in [0.15, 0.2) is 0 Å². The highest BCUT2D eigenvalue weighted by Gasteiger charge is 2.35. The number of para-hydroxylation sites is 2. The maximum absolute atomic E-state index is 11.1. The SMILES string of the molecule is CC(C)(C)c1cc(Cc2cc(C(C)(C)C)c(O)c(C(C)(C)C)c2)cc(C(C)(C)C)c1O.CC(C)(C)c1cc(O)c(C(C)(C)C)cc1O.CC(C)(c1ccc(O)cc1)c1ccc(C(C)(C)c2ccc(O)cc2)cc1.CCCC(c1cc(C(C)(C)C)c(O)cc1C)c1cc(C(C)(C)C)c(O)cc1C.Cc1cc(Cc2cc(C)cc(C(C)(C)C)c2O)c(O)c(C(C)(C)C)c1.Oc1ccccc1Cc1ccccc1O. The molecule has 0 atom stereocenters. The van der Waals surface area contributed by atoms with Gasteiger partial charge < -0.3 is 61.3 Å². The van der Waals surface area contributed by atoms with E-state index < -0.39 is 0 Å². The number of phenols is 12. The van der Waals surface area contributed by atoms with E-state index in [0.717, 1.165) is 119 Å². The van der Waals surface area contributed by atoms with Crippen LogP contribution in [0.25, 0.3) is 0 Å². The molecule has 762 valence electrons. The van der Waals surface area contributed by atoms with E-state index in [9.17, 15) is 61.3 Å². The van der Waals surface area contributed by atoms with Gasteiger partial charge in [-0.15, -0.1) is 0 Å². The first-order valence-corrected chi connectivity index (χ1v) is 50.2. The first kappa shape index (κ1) is 116. The monoisotopic (exact) mass is 1920 g/mol. The van der Waals surface area contributed by atoms with Crippen LogP contribution >= 0.6 is 0 Å². The summed E-state index contributed by atoms with van der Waals surface area (Å²) in [6, 6.07) is 66.2. The molecule has 0 unspecified atom stereocenters. The zero-order valence-electron chi connectivity index (χ0n) is 93.1. The van der Waals surface area contributed by atoms with E-state index in [1.807, 2.05) is 114 Å². The maximum atomic E-state index is 11.1. The third kappa shape index (κ3) is 30.4. The van der Waals surface area contributed by atoms with Gasteiger partial charge in [0.25, 0.3) is 0 Å². The standard InChI is InChI=1S/C29H44O2.C26H38O2.C24H26O2.C23H32O2.C14H22O2.C13H12O2/c1-26(2,3)20-14-18(15-21(24(20)30)27(4,5)6)13-19-16-22(28(7,8)9)25(31)23(17-19)29(10,11)12;1-10-11-18(19-14-21(25(4,5)6)23(27)12-16(19)2)20-15-22(26(7,8)9)24(28)13-17(20)3;1-23(2,19-9-13-21(25)14-10-19)17-5-7-18(8-6-17)24(3,4)20-11-15-22(26)16-12-20;1-14-9-16(20(24)18(11-14)22(3,4)5)13-17-10-15(2)12-19(21(17)25)23(6,7)8;1-13(2,3)9-7-12(16)10(8-11(9)15)14(4,5)6;14-12-7-3-1-5-10(12)9-11-6-2-4-8-13(11)15/h14-17,30-31H,13H2,1-12H3;12-15,18,27-28H,10-11H2,1-9H3;5-16,25-26H,1-4H3;9-12,24-25H,13H2,1-8H3;7-8,15-16H,1-6H3;1-8,14-15H,9H2. The van der Waals surface area contributed by atoms with Crippen LogP contribution in [0.5, 0.6) is 69.0 Å². The van der Waals surface area contributed by atoms with Crippen molar-refractivity contribution >= 4 is 0 Å². The highest BCUT2D eigenvalue weighted by Crippen LogP contribution is 2.49. The van der Waals surface area contributed by atoms with Gasteiger partial charge in [-0.05, 0) is 278 Å². The fourth-order valence-corrected chi connectivity index (χ4v) is 18.3. The van der Waals surface area contributed by atoms with Crippen molar-refractivity contribution in [2.24, 2.45) is 0 Å². The average Bonchev–Trinajstić information content (AvgIpc) is 0.713. The summed E-state index contributed by atoms with van der Waals surface area (Å²) < 4.78 is 0. The lowest BCUT2D eigenvalue weighted by Gasteiger charge is -2.29. The lowest BCUT2D eigenvalue weighted by molar-refractivity contribution is 0.419. The van der Waals surface area contributed by atoms with Crippen LogP contribution in [-0.4, -0.2) is 61.3 Å². The average molecular weight is 1920 g/mol. The second-order valence-corrected chi connectivity index (χ2v) is 50.6. The third-order valence-corrected chi connectivity index (χ3v) is 27.0. The predicted octanol–water partition coefficient (Wildman–Crippen LogP) is 33.2. The van der Waals surface area contributed by atoms with Crippen molar-refractivity contribution in [2.75, 3.05) is 0 Å². The molecule has 0 spiro atoms. The van der Waals surface area contributed by atoms with Crippen LogP contribution in [0.2, 0.25) is 0 Å². The molecule has 141 heavy (non-hydrogen) atoms. The van der Waals surface area contributed by atoms with Crippen molar-refractivity contribution in [3.8, 4) is 69.0 Å². The maximum Gasteiger partial charge on any atom is 0.123 e. The molecule has 12 heteroatoms. The van der Waals surface area contributed by atoms with Crippen LogP contribution in [0.1, 0.15) is 406 Å². The predicted molar refractivity (Wildman–Crippen MR) is 593 cm³/mol. The molecule has 0 saturated heterocycles. The van der Waals surface area contributed by atoms with Gasteiger partial charge in [-0.2, -0.15) is 0 Å². The Hall–Kier alpha value is -11.8. The lowest BCUT2D eigenvalue weighted by atomic mass is 9.74. The van der Waals surface area contributed by atoms with Gasteiger partial charge >= 0.3 is 0 Å². The van der Waals surface area contributed by atoms with E-state index in [2.05, 4.69) is 301 Å². The minimum Gasteiger partial charge on any atom is -0.508 e. The summed E-state index contributed by atoms with van der Waals surface area (Å²) in [5, 5.41) is 123. The molecule has 12 nitrogen and oxygen atoms in total. The molecule has 0 aliphatic rings. The molecule has 12 N–H and O–H groups in total.